The molecule has 2 aromatic carbocycles. The summed E-state index contributed by atoms with van der Waals surface area (Å²) < 4.78 is 12.1. The van der Waals surface area contributed by atoms with Crippen LogP contribution in [0, 0.1) is 0 Å². The van der Waals surface area contributed by atoms with E-state index in [1.165, 1.54) is 10.8 Å². The second kappa shape index (κ2) is 4.84. The SMILES string of the molecule is CC1(C)OB([C@@H](N)c2ccc3ccccc3c2)OC1(C)C. The van der Waals surface area contributed by atoms with Crippen LogP contribution in [0.5, 0.6) is 0 Å². The highest BCUT2D eigenvalue weighted by atomic mass is 16.7. The first-order valence-corrected chi connectivity index (χ1v) is 7.40. The van der Waals surface area contributed by atoms with Crippen molar-refractivity contribution in [2.75, 3.05) is 0 Å². The van der Waals surface area contributed by atoms with E-state index in [0.717, 1.165) is 5.56 Å². The van der Waals surface area contributed by atoms with Crippen molar-refractivity contribution < 1.29 is 9.31 Å². The summed E-state index contributed by atoms with van der Waals surface area (Å²) in [6.45, 7) is 8.17. The van der Waals surface area contributed by atoms with Crippen LogP contribution in [0.2, 0.25) is 0 Å². The van der Waals surface area contributed by atoms with Gasteiger partial charge in [-0.2, -0.15) is 0 Å². The summed E-state index contributed by atoms with van der Waals surface area (Å²) in [5, 5.41) is 2.39. The maximum atomic E-state index is 6.38. The maximum Gasteiger partial charge on any atom is 0.480 e. The van der Waals surface area contributed by atoms with Crippen molar-refractivity contribution in [1.29, 1.82) is 0 Å². The molecule has 2 aromatic rings. The Morgan fingerprint density at radius 2 is 1.48 bits per heavy atom. The van der Waals surface area contributed by atoms with Gasteiger partial charge in [0.25, 0.3) is 0 Å². The smallest absolute Gasteiger partial charge is 0.402 e. The molecular formula is C17H22BNO2. The minimum atomic E-state index is -0.420. The Balaban J connectivity index is 1.89. The molecule has 1 saturated heterocycles. The molecule has 1 fully saturated rings. The van der Waals surface area contributed by atoms with Gasteiger partial charge >= 0.3 is 7.12 Å². The molecule has 0 radical (unpaired) electrons. The Labute approximate surface area is 126 Å². The summed E-state index contributed by atoms with van der Waals surface area (Å²) in [5.41, 5.74) is 6.71. The third-order valence-corrected chi connectivity index (χ3v) is 4.72. The van der Waals surface area contributed by atoms with Gasteiger partial charge in [-0.05, 0) is 44.0 Å². The van der Waals surface area contributed by atoms with Crippen LogP contribution in [-0.4, -0.2) is 18.3 Å². The van der Waals surface area contributed by atoms with Gasteiger partial charge in [0.05, 0.1) is 17.1 Å². The van der Waals surface area contributed by atoms with Crippen LogP contribution < -0.4 is 5.73 Å². The molecule has 110 valence electrons. The lowest BCUT2D eigenvalue weighted by Gasteiger charge is -2.32. The van der Waals surface area contributed by atoms with Crippen LogP contribution in [0.25, 0.3) is 10.8 Å². The number of fused-ring (bicyclic) bond motifs is 1. The van der Waals surface area contributed by atoms with Gasteiger partial charge in [0.15, 0.2) is 0 Å². The van der Waals surface area contributed by atoms with Crippen molar-refractivity contribution in [3.63, 3.8) is 0 Å². The molecule has 0 unspecified atom stereocenters. The van der Waals surface area contributed by atoms with Gasteiger partial charge in [0.1, 0.15) is 0 Å². The van der Waals surface area contributed by atoms with Crippen molar-refractivity contribution in [1.82, 2.24) is 0 Å². The third-order valence-electron chi connectivity index (χ3n) is 4.72. The van der Waals surface area contributed by atoms with Crippen molar-refractivity contribution >= 4 is 17.9 Å². The number of rotatable bonds is 2. The molecule has 1 aliphatic heterocycles. The Hall–Kier alpha value is -1.36. The summed E-state index contributed by atoms with van der Waals surface area (Å²) in [6, 6.07) is 14.5. The monoisotopic (exact) mass is 283 g/mol. The van der Waals surface area contributed by atoms with Crippen LogP contribution >= 0.6 is 0 Å². The van der Waals surface area contributed by atoms with Gasteiger partial charge in [-0.25, -0.2) is 0 Å². The first-order valence-electron chi connectivity index (χ1n) is 7.40. The molecule has 0 spiro atoms. The van der Waals surface area contributed by atoms with Crippen LogP contribution in [0.3, 0.4) is 0 Å². The zero-order chi connectivity index (χ0) is 15.3. The zero-order valence-electron chi connectivity index (χ0n) is 13.1. The molecule has 3 nitrogen and oxygen atoms in total. The lowest BCUT2D eigenvalue weighted by Crippen LogP contribution is -2.41. The van der Waals surface area contributed by atoms with E-state index in [1.807, 2.05) is 39.8 Å². The molecule has 2 N–H and O–H groups in total. The fourth-order valence-corrected chi connectivity index (χ4v) is 2.61. The molecular weight excluding hydrogens is 261 g/mol. The Morgan fingerprint density at radius 1 is 0.905 bits per heavy atom. The van der Waals surface area contributed by atoms with Crippen LogP contribution in [-0.2, 0) is 9.31 Å². The molecule has 0 aromatic heterocycles. The Bertz CT molecular complexity index is 653. The van der Waals surface area contributed by atoms with E-state index in [4.69, 9.17) is 15.0 Å². The van der Waals surface area contributed by atoms with E-state index in [1.54, 1.807) is 0 Å². The summed E-state index contributed by atoms with van der Waals surface area (Å²) in [6.07, 6.45) is 0. The predicted octanol–water partition coefficient (Wildman–Crippen LogP) is 3.47. The van der Waals surface area contributed by atoms with Crippen LogP contribution in [0.1, 0.15) is 39.2 Å². The van der Waals surface area contributed by atoms with Gasteiger partial charge < -0.3 is 15.0 Å². The minimum Gasteiger partial charge on any atom is -0.402 e. The van der Waals surface area contributed by atoms with Crippen molar-refractivity contribution in [2.24, 2.45) is 5.73 Å². The quantitative estimate of drug-likeness (QED) is 0.858. The van der Waals surface area contributed by atoms with E-state index in [2.05, 4.69) is 30.3 Å². The average Bonchev–Trinajstić information content (AvgIpc) is 2.66. The minimum absolute atomic E-state index is 0.296. The summed E-state index contributed by atoms with van der Waals surface area (Å²) >= 11 is 0. The van der Waals surface area contributed by atoms with Crippen LogP contribution in [0.15, 0.2) is 42.5 Å². The van der Waals surface area contributed by atoms with Crippen molar-refractivity contribution in [3.8, 4) is 0 Å². The van der Waals surface area contributed by atoms with E-state index >= 15 is 0 Å². The van der Waals surface area contributed by atoms with Crippen LogP contribution in [0.4, 0.5) is 0 Å². The van der Waals surface area contributed by atoms with Gasteiger partial charge in [-0.15, -0.1) is 0 Å². The number of hydrogen-bond donors (Lipinski definition) is 1. The Morgan fingerprint density at radius 3 is 2.10 bits per heavy atom. The second-order valence-electron chi connectivity index (χ2n) is 6.76. The van der Waals surface area contributed by atoms with Gasteiger partial charge in [-0.3, -0.25) is 0 Å². The number of hydrogen-bond acceptors (Lipinski definition) is 3. The molecule has 21 heavy (non-hydrogen) atoms. The topological polar surface area (TPSA) is 44.5 Å². The van der Waals surface area contributed by atoms with Gasteiger partial charge in [0, 0.05) is 0 Å². The highest BCUT2D eigenvalue weighted by molar-refractivity contribution is 6.47. The highest BCUT2D eigenvalue weighted by Gasteiger charge is 2.53. The van der Waals surface area contributed by atoms with E-state index in [-0.39, 0.29) is 17.1 Å². The molecule has 1 heterocycles. The fraction of sp³-hybridized carbons (Fsp3) is 0.412. The summed E-state index contributed by atoms with van der Waals surface area (Å²) in [5.74, 6) is -0.296. The lowest BCUT2D eigenvalue weighted by atomic mass is 9.74. The molecule has 0 amide bonds. The lowest BCUT2D eigenvalue weighted by molar-refractivity contribution is 0.00578. The molecule has 4 heteroatoms. The first kappa shape index (κ1) is 14.6. The van der Waals surface area contributed by atoms with Crippen molar-refractivity contribution in [2.45, 2.75) is 44.8 Å². The molecule has 1 aliphatic rings. The normalized spacial score (nSPS) is 21.7. The van der Waals surface area contributed by atoms with Gasteiger partial charge in [-0.1, -0.05) is 42.5 Å². The van der Waals surface area contributed by atoms with E-state index < -0.39 is 7.12 Å². The zero-order valence-corrected chi connectivity index (χ0v) is 13.1. The molecule has 1 atom stereocenters. The maximum absolute atomic E-state index is 6.38. The number of nitrogens with two attached hydrogens (primary N) is 1. The predicted molar refractivity (Wildman–Crippen MR) is 87.0 cm³/mol. The third kappa shape index (κ3) is 2.48. The highest BCUT2D eigenvalue weighted by Crippen LogP contribution is 2.39. The molecule has 0 aliphatic carbocycles. The summed E-state index contributed by atoms with van der Waals surface area (Å²) in [4.78, 5) is 0. The van der Waals surface area contributed by atoms with E-state index in [9.17, 15) is 0 Å². The molecule has 0 saturated carbocycles. The largest absolute Gasteiger partial charge is 0.480 e. The average molecular weight is 283 g/mol. The van der Waals surface area contributed by atoms with Crippen molar-refractivity contribution in [3.05, 3.63) is 48.0 Å². The van der Waals surface area contributed by atoms with E-state index in [0.29, 0.717) is 0 Å². The van der Waals surface area contributed by atoms with Gasteiger partial charge in [0.2, 0.25) is 0 Å². The standard InChI is InChI=1S/C17H22BNO2/c1-16(2)17(3,4)21-18(20-16)15(19)14-10-9-12-7-5-6-8-13(12)11-14/h5-11,15H,19H2,1-4H3/t15-/m0/s1. The number of benzene rings is 2. The fourth-order valence-electron chi connectivity index (χ4n) is 2.61. The summed E-state index contributed by atoms with van der Waals surface area (Å²) in [7, 11) is -0.420. The first-order chi connectivity index (χ1) is 9.80. The molecule has 3 rings (SSSR count). The molecule has 0 bridgehead atoms. The second-order valence-corrected chi connectivity index (χ2v) is 6.76. The Kier molecular flexibility index (Phi) is 3.36.